The monoisotopic (exact) mass is 250 g/mol. The molecule has 0 radical (unpaired) electrons. The van der Waals surface area contributed by atoms with Crippen molar-refractivity contribution in [1.29, 1.82) is 0 Å². The van der Waals surface area contributed by atoms with Crippen LogP contribution in [0.3, 0.4) is 0 Å². The number of aromatic nitrogens is 1. The van der Waals surface area contributed by atoms with Crippen molar-refractivity contribution in [2.45, 2.75) is 6.92 Å². The van der Waals surface area contributed by atoms with E-state index in [0.29, 0.717) is 24.3 Å². The Morgan fingerprint density at radius 3 is 2.89 bits per heavy atom. The van der Waals surface area contributed by atoms with Gasteiger partial charge in [-0.15, -0.1) is 0 Å². The van der Waals surface area contributed by atoms with E-state index in [9.17, 15) is 4.79 Å². The normalized spacial score (nSPS) is 27.4. The molecule has 2 aliphatic heterocycles. The number of carbonyl (C=O) groups excluding carboxylic acids is 1. The van der Waals surface area contributed by atoms with Gasteiger partial charge in [0, 0.05) is 19.2 Å². The molecule has 0 aliphatic carbocycles. The molecule has 0 aromatic carbocycles. The SMILES string of the molecule is Cc1cc(NC(=O)CN2CC3CNCC3C2)on1. The van der Waals surface area contributed by atoms with E-state index >= 15 is 0 Å². The summed E-state index contributed by atoms with van der Waals surface area (Å²) in [5.41, 5.74) is 0.770. The molecule has 0 spiro atoms. The lowest BCUT2D eigenvalue weighted by Gasteiger charge is -2.15. The molecule has 2 aliphatic rings. The Balaban J connectivity index is 1.50. The van der Waals surface area contributed by atoms with Gasteiger partial charge in [0.2, 0.25) is 11.8 Å². The van der Waals surface area contributed by atoms with Crippen molar-refractivity contribution in [3.8, 4) is 0 Å². The smallest absolute Gasteiger partial charge is 0.240 e. The van der Waals surface area contributed by atoms with Crippen molar-refractivity contribution in [3.05, 3.63) is 11.8 Å². The van der Waals surface area contributed by atoms with Crippen LogP contribution in [0.1, 0.15) is 5.69 Å². The highest BCUT2D eigenvalue weighted by Gasteiger charge is 2.36. The summed E-state index contributed by atoms with van der Waals surface area (Å²) in [4.78, 5) is 14.1. The summed E-state index contributed by atoms with van der Waals surface area (Å²) in [5.74, 6) is 1.83. The first-order chi connectivity index (χ1) is 8.70. The fourth-order valence-electron chi connectivity index (χ4n) is 2.88. The summed E-state index contributed by atoms with van der Waals surface area (Å²) >= 11 is 0. The third-order valence-corrected chi connectivity index (χ3v) is 3.72. The van der Waals surface area contributed by atoms with Gasteiger partial charge in [0.15, 0.2) is 0 Å². The molecule has 2 fully saturated rings. The number of aryl methyl sites for hydroxylation is 1. The lowest BCUT2D eigenvalue weighted by Crippen LogP contribution is -2.33. The van der Waals surface area contributed by atoms with Crippen LogP contribution in [0.4, 0.5) is 5.88 Å². The molecule has 2 N–H and O–H groups in total. The summed E-state index contributed by atoms with van der Waals surface area (Å²) in [6.07, 6.45) is 0. The van der Waals surface area contributed by atoms with Crippen molar-refractivity contribution in [3.63, 3.8) is 0 Å². The van der Waals surface area contributed by atoms with Gasteiger partial charge in [-0.25, -0.2) is 0 Å². The molecule has 0 bridgehead atoms. The number of anilines is 1. The zero-order chi connectivity index (χ0) is 12.5. The fraction of sp³-hybridized carbons (Fsp3) is 0.667. The van der Waals surface area contributed by atoms with E-state index in [-0.39, 0.29) is 5.91 Å². The number of likely N-dealkylation sites (tertiary alicyclic amines) is 1. The third kappa shape index (κ3) is 2.39. The second-order valence-corrected chi connectivity index (χ2v) is 5.25. The maximum Gasteiger partial charge on any atom is 0.240 e. The highest BCUT2D eigenvalue weighted by molar-refractivity contribution is 5.90. The molecule has 18 heavy (non-hydrogen) atoms. The molecular weight excluding hydrogens is 232 g/mol. The van der Waals surface area contributed by atoms with Gasteiger partial charge in [-0.1, -0.05) is 5.16 Å². The highest BCUT2D eigenvalue weighted by atomic mass is 16.5. The molecule has 1 amide bonds. The second kappa shape index (κ2) is 4.70. The van der Waals surface area contributed by atoms with E-state index in [2.05, 4.69) is 20.7 Å². The number of nitrogens with zero attached hydrogens (tertiary/aromatic N) is 2. The Morgan fingerprint density at radius 1 is 1.56 bits per heavy atom. The molecule has 3 rings (SSSR count). The van der Waals surface area contributed by atoms with Gasteiger partial charge in [0.1, 0.15) is 0 Å². The maximum atomic E-state index is 11.8. The van der Waals surface area contributed by atoms with Crippen molar-refractivity contribution < 1.29 is 9.32 Å². The summed E-state index contributed by atoms with van der Waals surface area (Å²) < 4.78 is 4.96. The Kier molecular flexibility index (Phi) is 3.05. The van der Waals surface area contributed by atoms with E-state index in [1.807, 2.05) is 6.92 Å². The van der Waals surface area contributed by atoms with Crippen LogP contribution < -0.4 is 10.6 Å². The van der Waals surface area contributed by atoms with Gasteiger partial charge in [-0.3, -0.25) is 15.0 Å². The van der Waals surface area contributed by atoms with Crippen LogP contribution in [-0.4, -0.2) is 48.7 Å². The number of carbonyl (C=O) groups is 1. The lowest BCUT2D eigenvalue weighted by molar-refractivity contribution is -0.117. The van der Waals surface area contributed by atoms with E-state index in [4.69, 9.17) is 4.52 Å². The first-order valence-electron chi connectivity index (χ1n) is 6.37. The van der Waals surface area contributed by atoms with E-state index < -0.39 is 0 Å². The molecule has 98 valence electrons. The summed E-state index contributed by atoms with van der Waals surface area (Å²) in [5, 5.41) is 9.86. The van der Waals surface area contributed by atoms with Crippen LogP contribution in [0.5, 0.6) is 0 Å². The van der Waals surface area contributed by atoms with E-state index in [0.717, 1.165) is 31.9 Å². The highest BCUT2D eigenvalue weighted by Crippen LogP contribution is 2.25. The predicted octanol–water partition coefficient (Wildman–Crippen LogP) is 0.0727. The molecule has 3 heterocycles. The van der Waals surface area contributed by atoms with Crippen molar-refractivity contribution in [2.24, 2.45) is 11.8 Å². The van der Waals surface area contributed by atoms with Gasteiger partial charge in [0.05, 0.1) is 12.2 Å². The van der Waals surface area contributed by atoms with Crippen LogP contribution in [-0.2, 0) is 4.79 Å². The van der Waals surface area contributed by atoms with Gasteiger partial charge in [-0.2, -0.15) is 0 Å². The quantitative estimate of drug-likeness (QED) is 0.794. The largest absolute Gasteiger partial charge is 0.338 e. The molecule has 2 saturated heterocycles. The third-order valence-electron chi connectivity index (χ3n) is 3.72. The van der Waals surface area contributed by atoms with Crippen LogP contribution in [0.2, 0.25) is 0 Å². The van der Waals surface area contributed by atoms with Crippen LogP contribution in [0, 0.1) is 18.8 Å². The van der Waals surface area contributed by atoms with Crippen molar-refractivity contribution in [2.75, 3.05) is 38.0 Å². The van der Waals surface area contributed by atoms with Gasteiger partial charge >= 0.3 is 0 Å². The lowest BCUT2D eigenvalue weighted by atomic mass is 10.0. The molecular formula is C12H18N4O2. The summed E-state index contributed by atoms with van der Waals surface area (Å²) in [6.45, 7) is 6.47. The molecule has 2 unspecified atom stereocenters. The molecule has 1 aromatic heterocycles. The Morgan fingerprint density at radius 2 is 2.28 bits per heavy atom. The maximum absolute atomic E-state index is 11.8. The standard InChI is InChI=1S/C12H18N4O2/c1-8-2-12(18-15-8)14-11(17)7-16-5-9-3-13-4-10(9)6-16/h2,9-10,13H,3-7H2,1H3,(H,14,17). The van der Waals surface area contributed by atoms with Gasteiger partial charge in [-0.05, 0) is 31.8 Å². The minimum atomic E-state index is -0.0286. The summed E-state index contributed by atoms with van der Waals surface area (Å²) in [7, 11) is 0. The molecule has 6 heteroatoms. The van der Waals surface area contributed by atoms with E-state index in [1.165, 1.54) is 0 Å². The van der Waals surface area contributed by atoms with Crippen LogP contribution in [0.15, 0.2) is 10.6 Å². The number of nitrogens with one attached hydrogen (secondary N) is 2. The number of hydrogen-bond acceptors (Lipinski definition) is 5. The minimum absolute atomic E-state index is 0.0286. The van der Waals surface area contributed by atoms with Crippen molar-refractivity contribution in [1.82, 2.24) is 15.4 Å². The van der Waals surface area contributed by atoms with Gasteiger partial charge in [0.25, 0.3) is 0 Å². The Labute approximate surface area is 106 Å². The number of hydrogen-bond donors (Lipinski definition) is 2. The number of fused-ring (bicyclic) bond motifs is 1. The topological polar surface area (TPSA) is 70.4 Å². The molecule has 0 saturated carbocycles. The van der Waals surface area contributed by atoms with Gasteiger partial charge < -0.3 is 9.84 Å². The zero-order valence-corrected chi connectivity index (χ0v) is 10.5. The van der Waals surface area contributed by atoms with Crippen LogP contribution >= 0.6 is 0 Å². The second-order valence-electron chi connectivity index (χ2n) is 5.25. The minimum Gasteiger partial charge on any atom is -0.338 e. The van der Waals surface area contributed by atoms with Crippen molar-refractivity contribution >= 4 is 11.8 Å². The predicted molar refractivity (Wildman–Crippen MR) is 66.2 cm³/mol. The molecule has 1 aromatic rings. The summed E-state index contributed by atoms with van der Waals surface area (Å²) in [6, 6.07) is 1.72. The zero-order valence-electron chi connectivity index (χ0n) is 10.5. The molecule has 2 atom stereocenters. The first-order valence-corrected chi connectivity index (χ1v) is 6.37. The molecule has 6 nitrogen and oxygen atoms in total. The van der Waals surface area contributed by atoms with E-state index in [1.54, 1.807) is 6.07 Å². The Hall–Kier alpha value is -1.40. The first kappa shape index (κ1) is 11.7. The van der Waals surface area contributed by atoms with Crippen LogP contribution in [0.25, 0.3) is 0 Å². The number of amides is 1. The number of rotatable bonds is 3. The Bertz CT molecular complexity index is 433. The average molecular weight is 250 g/mol. The average Bonchev–Trinajstić information content (AvgIpc) is 2.94. The fourth-order valence-corrected chi connectivity index (χ4v) is 2.88.